The van der Waals surface area contributed by atoms with Crippen molar-refractivity contribution in [1.29, 1.82) is 0 Å². The Morgan fingerprint density at radius 1 is 0.750 bits per heavy atom. The Morgan fingerprint density at radius 2 is 1.22 bits per heavy atom. The Labute approximate surface area is 220 Å². The summed E-state index contributed by atoms with van der Waals surface area (Å²) in [6.45, 7) is 4.24. The predicted octanol–water partition coefficient (Wildman–Crippen LogP) is 7.05. The van der Waals surface area contributed by atoms with Crippen LogP contribution in [0.3, 0.4) is 0 Å². The Hall–Kier alpha value is -3.13. The standard InChI is InChI=1S/C32H32NOPS/c1-3-4-24-36-25-31(33-32(34)27-22-20-26(2)21-23-27)35(28-14-8-5-9-15-28,29-16-10-6-11-17-29)30-18-12-7-13-19-30/h5-23,25H,3-4,24H2,1-2H3/p+1/b31-25-. The summed E-state index contributed by atoms with van der Waals surface area (Å²) in [5.74, 6) is 0.934. The summed E-state index contributed by atoms with van der Waals surface area (Å²) in [4.78, 5) is 13.7. The first kappa shape index (κ1) is 25.9. The third-order valence-corrected chi connectivity index (χ3v) is 11.4. The molecule has 0 atom stereocenters. The fourth-order valence-electron chi connectivity index (χ4n) is 4.27. The molecule has 0 aliphatic carbocycles. The first-order valence-corrected chi connectivity index (χ1v) is 15.3. The first-order valence-electron chi connectivity index (χ1n) is 12.4. The van der Waals surface area contributed by atoms with Crippen LogP contribution >= 0.6 is 19.0 Å². The Morgan fingerprint density at radius 3 is 1.67 bits per heavy atom. The van der Waals surface area contributed by atoms with E-state index in [4.69, 9.17) is 0 Å². The number of unbranched alkanes of at least 4 members (excludes halogenated alkanes) is 1. The molecular weight excluding hydrogens is 477 g/mol. The number of amides is 1. The van der Waals surface area contributed by atoms with Crippen molar-refractivity contribution in [2.75, 3.05) is 5.75 Å². The largest absolute Gasteiger partial charge is 0.292 e. The fourth-order valence-corrected chi connectivity index (χ4v) is 9.77. The van der Waals surface area contributed by atoms with Crippen LogP contribution in [0, 0.1) is 6.92 Å². The van der Waals surface area contributed by atoms with Gasteiger partial charge in [-0.25, -0.2) is 0 Å². The summed E-state index contributed by atoms with van der Waals surface area (Å²) in [5, 5.41) is 9.28. The monoisotopic (exact) mass is 510 g/mol. The van der Waals surface area contributed by atoms with Crippen LogP contribution in [0.1, 0.15) is 35.7 Å². The second-order valence-electron chi connectivity index (χ2n) is 8.73. The minimum Gasteiger partial charge on any atom is -0.292 e. The molecule has 182 valence electrons. The van der Waals surface area contributed by atoms with E-state index in [0.29, 0.717) is 5.56 Å². The van der Waals surface area contributed by atoms with E-state index in [1.807, 2.05) is 31.2 Å². The maximum atomic E-state index is 13.7. The summed E-state index contributed by atoms with van der Waals surface area (Å²) in [5.41, 5.74) is 2.77. The van der Waals surface area contributed by atoms with Crippen LogP contribution in [-0.2, 0) is 0 Å². The quantitative estimate of drug-likeness (QED) is 0.183. The number of benzene rings is 4. The van der Waals surface area contributed by atoms with Gasteiger partial charge >= 0.3 is 0 Å². The van der Waals surface area contributed by atoms with Crippen molar-refractivity contribution < 1.29 is 4.79 Å². The van der Waals surface area contributed by atoms with Gasteiger partial charge in [0.05, 0.1) is 0 Å². The van der Waals surface area contributed by atoms with Gasteiger partial charge in [0.1, 0.15) is 15.9 Å². The molecule has 1 amide bonds. The van der Waals surface area contributed by atoms with Crippen LogP contribution in [0.4, 0.5) is 0 Å². The molecule has 4 aromatic carbocycles. The highest BCUT2D eigenvalue weighted by Gasteiger charge is 2.50. The Bertz CT molecular complexity index is 1180. The third kappa shape index (κ3) is 5.81. The molecule has 0 unspecified atom stereocenters. The highest BCUT2D eigenvalue weighted by atomic mass is 32.2. The molecule has 0 spiro atoms. The van der Waals surface area contributed by atoms with Gasteiger partial charge < -0.3 is 0 Å². The lowest BCUT2D eigenvalue weighted by Gasteiger charge is -2.29. The molecule has 0 aromatic heterocycles. The van der Waals surface area contributed by atoms with E-state index in [9.17, 15) is 4.79 Å². The van der Waals surface area contributed by atoms with Crippen LogP contribution in [-0.4, -0.2) is 11.7 Å². The van der Waals surface area contributed by atoms with Crippen molar-refractivity contribution in [2.24, 2.45) is 0 Å². The number of hydrogen-bond donors (Lipinski definition) is 1. The first-order chi connectivity index (χ1) is 17.7. The molecule has 2 nitrogen and oxygen atoms in total. The van der Waals surface area contributed by atoms with Crippen LogP contribution in [0.2, 0.25) is 0 Å². The van der Waals surface area contributed by atoms with Gasteiger partial charge in [0.25, 0.3) is 5.91 Å². The number of nitrogens with one attached hydrogen (secondary N) is 1. The van der Waals surface area contributed by atoms with Crippen molar-refractivity contribution in [2.45, 2.75) is 26.7 Å². The van der Waals surface area contributed by atoms with Crippen molar-refractivity contribution in [1.82, 2.24) is 5.32 Å². The molecular formula is C32H33NOPS+. The molecule has 36 heavy (non-hydrogen) atoms. The van der Waals surface area contributed by atoms with Gasteiger partial charge in [-0.15, -0.1) is 11.8 Å². The van der Waals surface area contributed by atoms with E-state index in [2.05, 4.69) is 109 Å². The molecule has 4 rings (SSSR count). The van der Waals surface area contributed by atoms with E-state index in [-0.39, 0.29) is 5.91 Å². The van der Waals surface area contributed by atoms with Gasteiger partial charge in [0.15, 0.2) is 12.7 Å². The maximum absolute atomic E-state index is 13.7. The number of hydrogen-bond acceptors (Lipinski definition) is 2. The van der Waals surface area contributed by atoms with E-state index < -0.39 is 7.26 Å². The van der Waals surface area contributed by atoms with Gasteiger partial charge in [-0.2, -0.15) is 0 Å². The predicted molar refractivity (Wildman–Crippen MR) is 159 cm³/mol. The molecule has 0 heterocycles. The van der Waals surface area contributed by atoms with Crippen molar-refractivity contribution in [3.63, 3.8) is 0 Å². The molecule has 0 saturated carbocycles. The van der Waals surface area contributed by atoms with E-state index in [1.165, 1.54) is 15.9 Å². The summed E-state index contributed by atoms with van der Waals surface area (Å²) in [6, 6.07) is 39.8. The summed E-state index contributed by atoms with van der Waals surface area (Å²) < 4.78 is 0. The average Bonchev–Trinajstić information content (AvgIpc) is 2.93. The summed E-state index contributed by atoms with van der Waals surface area (Å²) in [7, 11) is -2.39. The van der Waals surface area contributed by atoms with Crippen LogP contribution in [0.5, 0.6) is 0 Å². The SMILES string of the molecule is CCCCS/C=C(/NC(=O)c1ccc(C)cc1)[P+](c1ccccc1)(c1ccccc1)c1ccccc1. The average molecular weight is 511 g/mol. The Kier molecular flexibility index (Phi) is 9.17. The van der Waals surface area contributed by atoms with Crippen molar-refractivity contribution in [3.05, 3.63) is 137 Å². The van der Waals surface area contributed by atoms with Crippen LogP contribution in [0.25, 0.3) is 0 Å². The van der Waals surface area contributed by atoms with E-state index >= 15 is 0 Å². The van der Waals surface area contributed by atoms with Gasteiger partial charge in [-0.3, -0.25) is 10.1 Å². The van der Waals surface area contributed by atoms with Crippen LogP contribution in [0.15, 0.2) is 126 Å². The lowest BCUT2D eigenvalue weighted by molar-refractivity contribution is 0.0968. The molecule has 0 aliphatic rings. The molecule has 0 radical (unpaired) electrons. The van der Waals surface area contributed by atoms with Gasteiger partial charge in [-0.1, -0.05) is 85.6 Å². The fraction of sp³-hybridized carbons (Fsp3) is 0.156. The van der Waals surface area contributed by atoms with Gasteiger partial charge in [-0.05, 0) is 67.6 Å². The van der Waals surface area contributed by atoms with Gasteiger partial charge in [0.2, 0.25) is 0 Å². The van der Waals surface area contributed by atoms with Gasteiger partial charge in [0, 0.05) is 11.0 Å². The molecule has 4 aromatic rings. The molecule has 1 N–H and O–H groups in total. The smallest absolute Gasteiger partial charge is 0.258 e. The number of aryl methyl sites for hydroxylation is 1. The van der Waals surface area contributed by atoms with E-state index in [1.54, 1.807) is 11.8 Å². The zero-order chi connectivity index (χ0) is 25.2. The number of carbonyl (C=O) groups is 1. The van der Waals surface area contributed by atoms with Crippen LogP contribution < -0.4 is 21.2 Å². The van der Waals surface area contributed by atoms with E-state index in [0.717, 1.165) is 29.6 Å². The molecule has 0 bridgehead atoms. The zero-order valence-electron chi connectivity index (χ0n) is 20.9. The lowest BCUT2D eigenvalue weighted by atomic mass is 10.1. The summed E-state index contributed by atoms with van der Waals surface area (Å²) in [6.07, 6.45) is 2.27. The zero-order valence-corrected chi connectivity index (χ0v) is 22.6. The molecule has 0 aliphatic heterocycles. The summed E-state index contributed by atoms with van der Waals surface area (Å²) >= 11 is 1.79. The lowest BCUT2D eigenvalue weighted by Crippen LogP contribution is -2.38. The highest BCUT2D eigenvalue weighted by molar-refractivity contribution is 8.04. The van der Waals surface area contributed by atoms with Crippen molar-refractivity contribution >= 4 is 40.8 Å². The minimum atomic E-state index is -2.39. The maximum Gasteiger partial charge on any atom is 0.258 e. The molecule has 0 fully saturated rings. The number of thioether (sulfide) groups is 1. The number of rotatable bonds is 10. The molecule has 0 saturated heterocycles. The topological polar surface area (TPSA) is 29.1 Å². The molecule has 4 heteroatoms. The second kappa shape index (κ2) is 12.7. The third-order valence-electron chi connectivity index (χ3n) is 6.16. The second-order valence-corrected chi connectivity index (χ2v) is 13.1. The van der Waals surface area contributed by atoms with Crippen molar-refractivity contribution in [3.8, 4) is 0 Å². The normalized spacial score (nSPS) is 11.8. The highest BCUT2D eigenvalue weighted by Crippen LogP contribution is 2.61. The number of carbonyl (C=O) groups excluding carboxylic acids is 1. The minimum absolute atomic E-state index is 0.0792. The Balaban J connectivity index is 1.95.